The number of nitrogens with one attached hydrogen (secondary N) is 1. The van der Waals surface area contributed by atoms with Crippen LogP contribution >= 0.6 is 0 Å². The number of aryl methyl sites for hydroxylation is 1. The van der Waals surface area contributed by atoms with Gasteiger partial charge in [0, 0.05) is 24.5 Å². The third-order valence-electron chi connectivity index (χ3n) is 4.76. The van der Waals surface area contributed by atoms with Crippen LogP contribution in [-0.4, -0.2) is 29.0 Å². The summed E-state index contributed by atoms with van der Waals surface area (Å²) in [6.45, 7) is 2.97. The second kappa shape index (κ2) is 7.47. The highest BCUT2D eigenvalue weighted by Crippen LogP contribution is 2.46. The fraction of sp³-hybridized carbons (Fsp3) is 0.182. The third-order valence-corrected chi connectivity index (χ3v) is 4.76. The van der Waals surface area contributed by atoms with Crippen LogP contribution < -0.4 is 15.0 Å². The van der Waals surface area contributed by atoms with Crippen molar-refractivity contribution in [1.82, 2.24) is 9.97 Å². The molecule has 1 aliphatic rings. The second-order valence-electron chi connectivity index (χ2n) is 6.81. The van der Waals surface area contributed by atoms with E-state index in [4.69, 9.17) is 14.2 Å². The smallest absolute Gasteiger partial charge is 0.337 e. The van der Waals surface area contributed by atoms with Crippen molar-refractivity contribution in [2.75, 3.05) is 7.11 Å². The van der Waals surface area contributed by atoms with Crippen LogP contribution in [0.3, 0.4) is 0 Å². The van der Waals surface area contributed by atoms with Crippen molar-refractivity contribution in [2.45, 2.75) is 19.8 Å². The van der Waals surface area contributed by atoms with Crippen LogP contribution in [0.25, 0.3) is 0 Å². The summed E-state index contributed by atoms with van der Waals surface area (Å²) in [6.07, 6.45) is 0. The topological polar surface area (TPSA) is 108 Å². The average Bonchev–Trinajstić information content (AvgIpc) is 2.71. The number of esters is 2. The number of nitrogens with zero attached hydrogens (tertiary/aromatic N) is 1. The lowest BCUT2D eigenvalue weighted by Gasteiger charge is -2.27. The van der Waals surface area contributed by atoms with E-state index >= 15 is 0 Å². The molecule has 0 bridgehead atoms. The van der Waals surface area contributed by atoms with Crippen molar-refractivity contribution >= 4 is 11.9 Å². The number of aromatic nitrogens is 2. The molecule has 1 atom stereocenters. The third kappa shape index (κ3) is 3.43. The molecule has 8 nitrogen and oxygen atoms in total. The Hall–Kier alpha value is -3.94. The summed E-state index contributed by atoms with van der Waals surface area (Å²) < 4.78 is 15.8. The van der Waals surface area contributed by atoms with Gasteiger partial charge in [-0.3, -0.25) is 9.59 Å². The van der Waals surface area contributed by atoms with Crippen LogP contribution in [0.15, 0.2) is 47.3 Å². The summed E-state index contributed by atoms with van der Waals surface area (Å²) >= 11 is 0. The Bertz CT molecular complexity index is 1210. The summed E-state index contributed by atoms with van der Waals surface area (Å²) in [5.41, 5.74) is 1.92. The summed E-state index contributed by atoms with van der Waals surface area (Å²) in [4.78, 5) is 42.9. The van der Waals surface area contributed by atoms with E-state index in [-0.39, 0.29) is 11.4 Å². The molecule has 30 heavy (non-hydrogen) atoms. The number of carbonyl (C=O) groups excluding carboxylic acids is 2. The maximum atomic E-state index is 12.8. The van der Waals surface area contributed by atoms with Gasteiger partial charge in [0.2, 0.25) is 5.88 Å². The molecule has 0 aliphatic carbocycles. The molecule has 2 heterocycles. The van der Waals surface area contributed by atoms with Crippen LogP contribution in [0.1, 0.15) is 45.7 Å². The minimum Gasteiger partial charge on any atom is -0.465 e. The van der Waals surface area contributed by atoms with Crippen molar-refractivity contribution in [3.63, 3.8) is 0 Å². The normalized spacial score (nSPS) is 14.2. The Labute approximate surface area is 171 Å². The molecule has 8 heteroatoms. The monoisotopic (exact) mass is 406 g/mol. The summed E-state index contributed by atoms with van der Waals surface area (Å²) in [7, 11) is 1.31. The van der Waals surface area contributed by atoms with Gasteiger partial charge in [-0.1, -0.05) is 18.2 Å². The number of carbonyl (C=O) groups is 2. The van der Waals surface area contributed by atoms with Crippen molar-refractivity contribution in [2.24, 2.45) is 0 Å². The minimum absolute atomic E-state index is 0.186. The molecule has 0 radical (unpaired) electrons. The highest BCUT2D eigenvalue weighted by Gasteiger charge is 2.33. The molecule has 4 rings (SSSR count). The molecule has 0 fully saturated rings. The number of aromatic amines is 1. The molecule has 2 aromatic carbocycles. The molecular weight excluding hydrogens is 388 g/mol. The second-order valence-corrected chi connectivity index (χ2v) is 6.81. The van der Waals surface area contributed by atoms with E-state index in [1.54, 1.807) is 49.4 Å². The maximum absolute atomic E-state index is 12.8. The number of methoxy groups -OCH3 is 1. The number of hydrogen-bond donors (Lipinski definition) is 1. The van der Waals surface area contributed by atoms with Gasteiger partial charge >= 0.3 is 11.9 Å². The van der Waals surface area contributed by atoms with Crippen molar-refractivity contribution < 1.29 is 23.8 Å². The van der Waals surface area contributed by atoms with Crippen LogP contribution in [0, 0.1) is 6.92 Å². The van der Waals surface area contributed by atoms with E-state index in [1.165, 1.54) is 14.0 Å². The first-order chi connectivity index (χ1) is 14.4. The van der Waals surface area contributed by atoms with E-state index in [9.17, 15) is 14.4 Å². The van der Waals surface area contributed by atoms with Crippen molar-refractivity contribution in [3.05, 3.63) is 80.9 Å². The zero-order valence-corrected chi connectivity index (χ0v) is 16.5. The first-order valence-electron chi connectivity index (χ1n) is 9.16. The number of benzene rings is 2. The zero-order chi connectivity index (χ0) is 21.4. The van der Waals surface area contributed by atoms with Crippen LogP contribution in [0.4, 0.5) is 0 Å². The van der Waals surface area contributed by atoms with Gasteiger partial charge in [0.05, 0.1) is 18.2 Å². The van der Waals surface area contributed by atoms with Gasteiger partial charge in [0.25, 0.3) is 5.56 Å². The first-order valence-corrected chi connectivity index (χ1v) is 9.16. The van der Waals surface area contributed by atoms with Gasteiger partial charge in [-0.15, -0.1) is 0 Å². The van der Waals surface area contributed by atoms with Crippen molar-refractivity contribution in [3.8, 4) is 17.4 Å². The molecular formula is C22H18N2O6. The molecule has 1 aromatic heterocycles. The zero-order valence-electron chi connectivity index (χ0n) is 16.5. The number of hydrogen-bond acceptors (Lipinski definition) is 7. The van der Waals surface area contributed by atoms with Gasteiger partial charge in [-0.2, -0.15) is 4.98 Å². The predicted octanol–water partition coefficient (Wildman–Crippen LogP) is 3.08. The molecule has 152 valence electrons. The Morgan fingerprint density at radius 1 is 1.13 bits per heavy atom. The van der Waals surface area contributed by atoms with Gasteiger partial charge in [-0.25, -0.2) is 4.79 Å². The molecule has 0 saturated carbocycles. The average molecular weight is 406 g/mol. The highest BCUT2D eigenvalue weighted by atomic mass is 16.5. The van der Waals surface area contributed by atoms with Gasteiger partial charge < -0.3 is 19.2 Å². The lowest BCUT2D eigenvalue weighted by molar-refractivity contribution is -0.131. The summed E-state index contributed by atoms with van der Waals surface area (Å²) in [5, 5.41) is 0. The molecule has 0 saturated heterocycles. The van der Waals surface area contributed by atoms with E-state index in [1.807, 2.05) is 0 Å². The fourth-order valence-electron chi connectivity index (χ4n) is 3.51. The quantitative estimate of drug-likeness (QED) is 0.411. The lowest BCUT2D eigenvalue weighted by atomic mass is 9.83. The van der Waals surface area contributed by atoms with Gasteiger partial charge in [-0.05, 0) is 30.7 Å². The van der Waals surface area contributed by atoms with E-state index in [2.05, 4.69) is 9.97 Å². The largest absolute Gasteiger partial charge is 0.465 e. The summed E-state index contributed by atoms with van der Waals surface area (Å²) in [5.74, 6) is -0.0311. The molecule has 1 unspecified atom stereocenters. The Kier molecular flexibility index (Phi) is 4.83. The Morgan fingerprint density at radius 3 is 2.53 bits per heavy atom. The maximum Gasteiger partial charge on any atom is 0.337 e. The number of ether oxygens (including phenoxy) is 3. The fourth-order valence-corrected chi connectivity index (χ4v) is 3.51. The van der Waals surface area contributed by atoms with Gasteiger partial charge in [0.15, 0.2) is 0 Å². The number of rotatable bonds is 3. The van der Waals surface area contributed by atoms with Crippen LogP contribution in [0.2, 0.25) is 0 Å². The summed E-state index contributed by atoms with van der Waals surface area (Å²) in [6, 6.07) is 11.8. The van der Waals surface area contributed by atoms with Crippen LogP contribution in [-0.2, 0) is 9.53 Å². The number of fused-ring (bicyclic) bond motifs is 2. The van der Waals surface area contributed by atoms with E-state index < -0.39 is 17.9 Å². The highest BCUT2D eigenvalue weighted by molar-refractivity contribution is 5.89. The minimum atomic E-state index is -0.487. The molecule has 0 amide bonds. The standard InChI is InChI=1S/C22H18N2O6/c1-11-23-20(26)19-18(13-4-6-14(7-5-13)22(27)28-3)16-9-8-15(29-12(2)25)10-17(16)30-21(19)24-11/h4-10,18H,1-3H3,(H,23,24,26). The molecule has 3 aromatic rings. The Balaban J connectivity index is 1.88. The predicted molar refractivity (Wildman–Crippen MR) is 106 cm³/mol. The van der Waals surface area contributed by atoms with Gasteiger partial charge in [0.1, 0.15) is 17.3 Å². The SMILES string of the molecule is COC(=O)c1ccc(C2c3ccc(OC(C)=O)cc3Oc3nc(C)[nH]c(=O)c32)cc1. The molecule has 1 aliphatic heterocycles. The van der Waals surface area contributed by atoms with E-state index in [0.29, 0.717) is 34.0 Å². The van der Waals surface area contributed by atoms with E-state index in [0.717, 1.165) is 5.56 Å². The van der Waals surface area contributed by atoms with Crippen molar-refractivity contribution in [1.29, 1.82) is 0 Å². The number of H-pyrrole nitrogens is 1. The lowest BCUT2D eigenvalue weighted by Crippen LogP contribution is -2.24. The molecule has 1 N–H and O–H groups in total. The molecule has 0 spiro atoms. The Morgan fingerprint density at radius 2 is 1.87 bits per heavy atom. The first kappa shape index (κ1) is 19.4. The van der Waals surface area contributed by atoms with Crippen LogP contribution in [0.5, 0.6) is 17.4 Å².